The molecular formula is C14H26N2O. The minimum Gasteiger partial charge on any atom is -0.356 e. The van der Waals surface area contributed by atoms with E-state index in [0.29, 0.717) is 17.9 Å². The highest BCUT2D eigenvalue weighted by molar-refractivity contribution is 5.76. The van der Waals surface area contributed by atoms with E-state index in [1.54, 1.807) is 0 Å². The van der Waals surface area contributed by atoms with Gasteiger partial charge in [0.1, 0.15) is 0 Å². The molecule has 0 aromatic carbocycles. The average Bonchev–Trinajstić information content (AvgIpc) is 2.52. The molecule has 2 aliphatic rings. The number of hydrogen-bond acceptors (Lipinski definition) is 2. The minimum absolute atomic E-state index is 0.216. The van der Waals surface area contributed by atoms with Crippen molar-refractivity contribution in [3.05, 3.63) is 0 Å². The standard InChI is InChI=1S/C14H26N2O/c1-14(7-3-2-4-8-14)11-16-12-6-5-9-15-13(17)10-12/h12,16H,2-11H2,1H3,(H,15,17). The van der Waals surface area contributed by atoms with E-state index in [4.69, 9.17) is 0 Å². The Hall–Kier alpha value is -0.570. The van der Waals surface area contributed by atoms with Crippen molar-refractivity contribution < 1.29 is 4.79 Å². The summed E-state index contributed by atoms with van der Waals surface area (Å²) >= 11 is 0. The van der Waals surface area contributed by atoms with Crippen LogP contribution in [0.4, 0.5) is 0 Å². The fraction of sp³-hybridized carbons (Fsp3) is 0.929. The maximum absolute atomic E-state index is 11.5. The molecule has 0 bridgehead atoms. The van der Waals surface area contributed by atoms with Crippen LogP contribution in [0, 0.1) is 5.41 Å². The van der Waals surface area contributed by atoms with Crippen LogP contribution in [0.3, 0.4) is 0 Å². The largest absolute Gasteiger partial charge is 0.356 e. The van der Waals surface area contributed by atoms with Gasteiger partial charge in [0.25, 0.3) is 0 Å². The van der Waals surface area contributed by atoms with Crippen LogP contribution in [-0.4, -0.2) is 25.0 Å². The van der Waals surface area contributed by atoms with E-state index in [2.05, 4.69) is 17.6 Å². The van der Waals surface area contributed by atoms with Gasteiger partial charge in [-0.1, -0.05) is 26.2 Å². The summed E-state index contributed by atoms with van der Waals surface area (Å²) in [5, 5.41) is 6.58. The lowest BCUT2D eigenvalue weighted by Crippen LogP contribution is -2.40. The topological polar surface area (TPSA) is 41.1 Å². The quantitative estimate of drug-likeness (QED) is 0.791. The van der Waals surface area contributed by atoms with Crippen molar-refractivity contribution in [2.45, 2.75) is 64.3 Å². The van der Waals surface area contributed by atoms with Crippen LogP contribution in [0.15, 0.2) is 0 Å². The highest BCUT2D eigenvalue weighted by Gasteiger charge is 2.28. The second-order valence-electron chi connectivity index (χ2n) is 6.15. The van der Waals surface area contributed by atoms with Crippen LogP contribution >= 0.6 is 0 Å². The molecule has 1 aliphatic carbocycles. The molecule has 2 N–H and O–H groups in total. The molecule has 0 radical (unpaired) electrons. The third kappa shape index (κ3) is 3.98. The molecule has 1 unspecified atom stereocenters. The van der Waals surface area contributed by atoms with Crippen molar-refractivity contribution in [3.8, 4) is 0 Å². The molecule has 0 aromatic rings. The molecule has 3 nitrogen and oxygen atoms in total. The Labute approximate surface area is 105 Å². The maximum atomic E-state index is 11.5. The highest BCUT2D eigenvalue weighted by atomic mass is 16.1. The Bertz CT molecular complexity index is 259. The first-order valence-corrected chi connectivity index (χ1v) is 7.18. The number of carbonyl (C=O) groups is 1. The predicted octanol–water partition coefficient (Wildman–Crippen LogP) is 2.22. The van der Waals surface area contributed by atoms with E-state index in [-0.39, 0.29) is 5.91 Å². The highest BCUT2D eigenvalue weighted by Crippen LogP contribution is 2.35. The van der Waals surface area contributed by atoms with Crippen LogP contribution < -0.4 is 10.6 Å². The number of rotatable bonds is 3. The Morgan fingerprint density at radius 3 is 2.82 bits per heavy atom. The Morgan fingerprint density at radius 2 is 2.06 bits per heavy atom. The van der Waals surface area contributed by atoms with Crippen LogP contribution in [0.5, 0.6) is 0 Å². The molecule has 0 aromatic heterocycles. The Kier molecular flexibility index (Phi) is 4.43. The molecule has 1 saturated heterocycles. The lowest BCUT2D eigenvalue weighted by molar-refractivity contribution is -0.121. The molecule has 1 heterocycles. The van der Waals surface area contributed by atoms with Gasteiger partial charge in [0.05, 0.1) is 0 Å². The van der Waals surface area contributed by atoms with Crippen LogP contribution in [0.1, 0.15) is 58.3 Å². The Balaban J connectivity index is 1.77. The van der Waals surface area contributed by atoms with E-state index < -0.39 is 0 Å². The molecule has 0 spiro atoms. The van der Waals surface area contributed by atoms with Gasteiger partial charge in [0.2, 0.25) is 5.91 Å². The number of amides is 1. The van der Waals surface area contributed by atoms with Gasteiger partial charge in [-0.25, -0.2) is 0 Å². The maximum Gasteiger partial charge on any atom is 0.221 e. The zero-order valence-electron chi connectivity index (χ0n) is 11.1. The van der Waals surface area contributed by atoms with Crippen molar-refractivity contribution in [1.82, 2.24) is 10.6 Å². The summed E-state index contributed by atoms with van der Waals surface area (Å²) in [5.41, 5.74) is 0.473. The minimum atomic E-state index is 0.216. The van der Waals surface area contributed by atoms with Gasteiger partial charge in [-0.3, -0.25) is 4.79 Å². The fourth-order valence-corrected chi connectivity index (χ4v) is 3.12. The molecule has 1 saturated carbocycles. The summed E-state index contributed by atoms with van der Waals surface area (Å²) in [7, 11) is 0. The van der Waals surface area contributed by atoms with Gasteiger partial charge in [-0.15, -0.1) is 0 Å². The first-order valence-electron chi connectivity index (χ1n) is 7.18. The van der Waals surface area contributed by atoms with Crippen molar-refractivity contribution >= 4 is 5.91 Å². The van der Waals surface area contributed by atoms with Gasteiger partial charge in [-0.05, 0) is 31.1 Å². The molecule has 3 heteroatoms. The molecule has 2 rings (SSSR count). The van der Waals surface area contributed by atoms with Gasteiger partial charge in [0.15, 0.2) is 0 Å². The smallest absolute Gasteiger partial charge is 0.221 e. The summed E-state index contributed by atoms with van der Waals surface area (Å²) in [5.74, 6) is 0.216. The van der Waals surface area contributed by atoms with E-state index in [1.807, 2.05) is 0 Å². The Morgan fingerprint density at radius 1 is 1.29 bits per heavy atom. The summed E-state index contributed by atoms with van der Waals surface area (Å²) in [6.45, 7) is 4.34. The number of carbonyl (C=O) groups excluding carboxylic acids is 1. The summed E-state index contributed by atoms with van der Waals surface area (Å²) in [4.78, 5) is 11.5. The van der Waals surface area contributed by atoms with Crippen LogP contribution in [0.25, 0.3) is 0 Å². The first kappa shape index (κ1) is 12.9. The third-order valence-corrected chi connectivity index (χ3v) is 4.36. The molecule has 98 valence electrons. The molecule has 1 aliphatic heterocycles. The molecule has 17 heavy (non-hydrogen) atoms. The lowest BCUT2D eigenvalue weighted by Gasteiger charge is -2.35. The second kappa shape index (κ2) is 5.85. The molecule has 1 atom stereocenters. The van der Waals surface area contributed by atoms with Crippen molar-refractivity contribution in [1.29, 1.82) is 0 Å². The van der Waals surface area contributed by atoms with Crippen molar-refractivity contribution in [3.63, 3.8) is 0 Å². The fourth-order valence-electron chi connectivity index (χ4n) is 3.12. The third-order valence-electron chi connectivity index (χ3n) is 4.36. The van der Waals surface area contributed by atoms with E-state index in [1.165, 1.54) is 32.1 Å². The summed E-state index contributed by atoms with van der Waals surface area (Å²) in [6.07, 6.45) is 9.76. The second-order valence-corrected chi connectivity index (χ2v) is 6.15. The molecule has 2 fully saturated rings. The molecular weight excluding hydrogens is 212 g/mol. The predicted molar refractivity (Wildman–Crippen MR) is 69.8 cm³/mol. The van der Waals surface area contributed by atoms with Crippen LogP contribution in [0.2, 0.25) is 0 Å². The van der Waals surface area contributed by atoms with E-state index in [0.717, 1.165) is 25.9 Å². The van der Waals surface area contributed by atoms with Gasteiger partial charge in [-0.2, -0.15) is 0 Å². The zero-order valence-corrected chi connectivity index (χ0v) is 11.1. The number of hydrogen-bond donors (Lipinski definition) is 2. The van der Waals surface area contributed by atoms with Crippen LogP contribution in [-0.2, 0) is 4.79 Å². The first-order chi connectivity index (χ1) is 8.18. The van der Waals surface area contributed by atoms with E-state index >= 15 is 0 Å². The van der Waals surface area contributed by atoms with Gasteiger partial charge < -0.3 is 10.6 Å². The SMILES string of the molecule is CC1(CNC2CCCNC(=O)C2)CCCCC1. The van der Waals surface area contributed by atoms with Crippen molar-refractivity contribution in [2.24, 2.45) is 5.41 Å². The molecule has 1 amide bonds. The number of nitrogens with one attached hydrogen (secondary N) is 2. The zero-order chi connectivity index (χ0) is 12.1. The lowest BCUT2D eigenvalue weighted by atomic mass is 9.75. The van der Waals surface area contributed by atoms with Gasteiger partial charge >= 0.3 is 0 Å². The van der Waals surface area contributed by atoms with E-state index in [9.17, 15) is 4.79 Å². The summed E-state index contributed by atoms with van der Waals surface area (Å²) in [6, 6.07) is 0.399. The normalized spacial score (nSPS) is 29.5. The monoisotopic (exact) mass is 238 g/mol. The average molecular weight is 238 g/mol. The van der Waals surface area contributed by atoms with Crippen molar-refractivity contribution in [2.75, 3.05) is 13.1 Å². The summed E-state index contributed by atoms with van der Waals surface area (Å²) < 4.78 is 0. The van der Waals surface area contributed by atoms with Gasteiger partial charge in [0, 0.05) is 25.6 Å².